The Bertz CT molecular complexity index is 1090. The fourth-order valence-electron chi connectivity index (χ4n) is 3.07. The van der Waals surface area contributed by atoms with E-state index in [9.17, 15) is 14.4 Å². The first kappa shape index (κ1) is 19.4. The fourth-order valence-corrected chi connectivity index (χ4v) is 3.07. The number of aryl methyl sites for hydroxylation is 2. The Hall–Kier alpha value is -3.36. The van der Waals surface area contributed by atoms with Gasteiger partial charge in [-0.2, -0.15) is 0 Å². The molecule has 1 aromatic carbocycles. The first-order valence-electron chi connectivity index (χ1n) is 9.25. The molecule has 0 radical (unpaired) electrons. The van der Waals surface area contributed by atoms with Crippen LogP contribution in [-0.2, 0) is 18.3 Å². The summed E-state index contributed by atoms with van der Waals surface area (Å²) in [5.74, 6) is 0.326. The number of carbonyl (C=O) groups excluding carboxylic acids is 1. The lowest BCUT2D eigenvalue weighted by atomic mass is 10.2. The molecule has 0 saturated carbocycles. The van der Waals surface area contributed by atoms with Gasteiger partial charge in [0.1, 0.15) is 11.3 Å². The smallest absolute Gasteiger partial charge is 0.329 e. The number of hydrogen-bond acceptors (Lipinski definition) is 5. The van der Waals surface area contributed by atoms with E-state index in [0.29, 0.717) is 12.2 Å². The highest BCUT2D eigenvalue weighted by Gasteiger charge is 2.12. The van der Waals surface area contributed by atoms with Crippen LogP contribution in [0.3, 0.4) is 0 Å². The molecule has 0 unspecified atom stereocenters. The highest BCUT2D eigenvalue weighted by atomic mass is 16.2. The highest BCUT2D eigenvalue weighted by Crippen LogP contribution is 2.18. The van der Waals surface area contributed by atoms with Crippen molar-refractivity contribution >= 4 is 28.4 Å². The summed E-state index contributed by atoms with van der Waals surface area (Å²) in [7, 11) is 1.53. The number of amides is 1. The standard InChI is InChI=1S/C19H24N6O3/c1-4-25(5-2)13-8-6-12(7-9-13)20-15(26)11-10-14-21-16-17(22-14)24(3)19(28)23-18(16)27/h6-9H,4-5,10-11H2,1-3H3,(H,20,26)(H,21,22)(H,23,27,28). The van der Waals surface area contributed by atoms with Gasteiger partial charge in [-0.25, -0.2) is 9.78 Å². The fraction of sp³-hybridized carbons (Fsp3) is 0.368. The number of imidazole rings is 1. The molecule has 0 spiro atoms. The molecule has 0 aliphatic rings. The molecule has 0 aliphatic heterocycles. The molecule has 9 heteroatoms. The van der Waals surface area contributed by atoms with E-state index in [1.807, 2.05) is 24.3 Å². The molecule has 0 saturated heterocycles. The van der Waals surface area contributed by atoms with E-state index < -0.39 is 11.2 Å². The third-order valence-corrected chi connectivity index (χ3v) is 4.67. The maximum atomic E-state index is 12.2. The van der Waals surface area contributed by atoms with Crippen molar-refractivity contribution in [1.29, 1.82) is 0 Å². The maximum absolute atomic E-state index is 12.2. The van der Waals surface area contributed by atoms with Gasteiger partial charge in [0.25, 0.3) is 5.56 Å². The number of aromatic amines is 2. The number of carbonyl (C=O) groups is 1. The molecule has 0 atom stereocenters. The molecule has 3 rings (SSSR count). The van der Waals surface area contributed by atoms with Crippen LogP contribution in [0.5, 0.6) is 0 Å². The SMILES string of the molecule is CCN(CC)c1ccc(NC(=O)CCc2nc3c([nH]2)c(=O)[nH]c(=O)n3C)cc1. The van der Waals surface area contributed by atoms with Crippen LogP contribution in [0.1, 0.15) is 26.1 Å². The Morgan fingerprint density at radius 2 is 1.82 bits per heavy atom. The van der Waals surface area contributed by atoms with Crippen LogP contribution >= 0.6 is 0 Å². The zero-order valence-corrected chi connectivity index (χ0v) is 16.2. The quantitative estimate of drug-likeness (QED) is 0.569. The summed E-state index contributed by atoms with van der Waals surface area (Å²) in [6.07, 6.45) is 0.523. The summed E-state index contributed by atoms with van der Waals surface area (Å²) in [6.45, 7) is 6.05. The topological polar surface area (TPSA) is 116 Å². The molecule has 9 nitrogen and oxygen atoms in total. The summed E-state index contributed by atoms with van der Waals surface area (Å²) in [6, 6.07) is 7.72. The monoisotopic (exact) mass is 384 g/mol. The minimum Gasteiger partial charge on any atom is -0.372 e. The van der Waals surface area contributed by atoms with Gasteiger partial charge in [-0.15, -0.1) is 0 Å². The van der Waals surface area contributed by atoms with Crippen LogP contribution < -0.4 is 21.5 Å². The van der Waals surface area contributed by atoms with Gasteiger partial charge in [-0.1, -0.05) is 0 Å². The van der Waals surface area contributed by atoms with Crippen molar-refractivity contribution in [3.63, 3.8) is 0 Å². The van der Waals surface area contributed by atoms with E-state index >= 15 is 0 Å². The van der Waals surface area contributed by atoms with Gasteiger partial charge in [-0.3, -0.25) is 19.1 Å². The van der Waals surface area contributed by atoms with E-state index in [1.54, 1.807) is 0 Å². The number of benzene rings is 1. The molecule has 2 heterocycles. The molecule has 2 aromatic heterocycles. The molecule has 0 fully saturated rings. The van der Waals surface area contributed by atoms with Crippen LogP contribution in [0, 0.1) is 0 Å². The summed E-state index contributed by atoms with van der Waals surface area (Å²) in [4.78, 5) is 47.3. The second-order valence-corrected chi connectivity index (χ2v) is 6.47. The van der Waals surface area contributed by atoms with Crippen molar-refractivity contribution in [2.75, 3.05) is 23.3 Å². The van der Waals surface area contributed by atoms with E-state index in [0.717, 1.165) is 24.5 Å². The molecule has 0 aliphatic carbocycles. The number of aromatic nitrogens is 4. The molecule has 1 amide bonds. The highest BCUT2D eigenvalue weighted by molar-refractivity contribution is 5.91. The molecular formula is C19H24N6O3. The van der Waals surface area contributed by atoms with Gasteiger partial charge >= 0.3 is 5.69 Å². The third-order valence-electron chi connectivity index (χ3n) is 4.67. The lowest BCUT2D eigenvalue weighted by Crippen LogP contribution is -2.28. The summed E-state index contributed by atoms with van der Waals surface area (Å²) >= 11 is 0. The predicted octanol–water partition coefficient (Wildman–Crippen LogP) is 1.37. The minimum absolute atomic E-state index is 0.154. The Labute approximate surface area is 161 Å². The van der Waals surface area contributed by atoms with Gasteiger partial charge in [0.15, 0.2) is 5.65 Å². The van der Waals surface area contributed by atoms with E-state index in [-0.39, 0.29) is 23.5 Å². The van der Waals surface area contributed by atoms with E-state index in [2.05, 4.69) is 39.0 Å². The summed E-state index contributed by atoms with van der Waals surface area (Å²) in [5.41, 5.74) is 1.29. The van der Waals surface area contributed by atoms with Crippen LogP contribution in [0.25, 0.3) is 11.2 Å². The number of hydrogen-bond donors (Lipinski definition) is 3. The maximum Gasteiger partial charge on any atom is 0.329 e. The molecule has 3 aromatic rings. The van der Waals surface area contributed by atoms with Crippen LogP contribution in [0.2, 0.25) is 0 Å². The Morgan fingerprint density at radius 3 is 2.46 bits per heavy atom. The zero-order chi connectivity index (χ0) is 20.3. The zero-order valence-electron chi connectivity index (χ0n) is 16.2. The van der Waals surface area contributed by atoms with Crippen molar-refractivity contribution < 1.29 is 4.79 Å². The van der Waals surface area contributed by atoms with Crippen LogP contribution in [-0.4, -0.2) is 38.5 Å². The van der Waals surface area contributed by atoms with Gasteiger partial charge in [0, 0.05) is 44.4 Å². The average Bonchev–Trinajstić information content (AvgIpc) is 3.12. The Balaban J connectivity index is 1.64. The van der Waals surface area contributed by atoms with E-state index in [1.165, 1.54) is 11.6 Å². The number of rotatable bonds is 7. The Morgan fingerprint density at radius 1 is 1.14 bits per heavy atom. The number of fused-ring (bicyclic) bond motifs is 1. The number of anilines is 2. The predicted molar refractivity (Wildman–Crippen MR) is 109 cm³/mol. The molecule has 148 valence electrons. The lowest BCUT2D eigenvalue weighted by molar-refractivity contribution is -0.116. The largest absolute Gasteiger partial charge is 0.372 e. The van der Waals surface area contributed by atoms with Gasteiger partial charge in [-0.05, 0) is 38.1 Å². The van der Waals surface area contributed by atoms with Crippen LogP contribution in [0.4, 0.5) is 11.4 Å². The van der Waals surface area contributed by atoms with Crippen molar-refractivity contribution in [2.24, 2.45) is 7.05 Å². The molecular weight excluding hydrogens is 360 g/mol. The lowest BCUT2D eigenvalue weighted by Gasteiger charge is -2.21. The number of nitrogens with zero attached hydrogens (tertiary/aromatic N) is 3. The van der Waals surface area contributed by atoms with Crippen LogP contribution in [0.15, 0.2) is 33.9 Å². The average molecular weight is 384 g/mol. The van der Waals surface area contributed by atoms with Gasteiger partial charge in [0.2, 0.25) is 5.91 Å². The first-order chi connectivity index (χ1) is 13.4. The number of H-pyrrole nitrogens is 2. The number of nitrogens with one attached hydrogen (secondary N) is 3. The molecule has 3 N–H and O–H groups in total. The van der Waals surface area contributed by atoms with Gasteiger partial charge < -0.3 is 15.2 Å². The molecule has 28 heavy (non-hydrogen) atoms. The Kier molecular flexibility index (Phi) is 5.62. The minimum atomic E-state index is -0.526. The first-order valence-corrected chi connectivity index (χ1v) is 9.25. The molecule has 0 bridgehead atoms. The van der Waals surface area contributed by atoms with Crippen molar-refractivity contribution in [2.45, 2.75) is 26.7 Å². The summed E-state index contributed by atoms with van der Waals surface area (Å²) < 4.78 is 1.26. The second-order valence-electron chi connectivity index (χ2n) is 6.47. The van der Waals surface area contributed by atoms with Crippen molar-refractivity contribution in [1.82, 2.24) is 19.5 Å². The summed E-state index contributed by atoms with van der Waals surface area (Å²) in [5, 5.41) is 2.86. The normalized spacial score (nSPS) is 11.0. The van der Waals surface area contributed by atoms with E-state index in [4.69, 9.17) is 0 Å². The van der Waals surface area contributed by atoms with Crippen molar-refractivity contribution in [3.05, 3.63) is 50.9 Å². The second kappa shape index (κ2) is 8.12. The van der Waals surface area contributed by atoms with Crippen molar-refractivity contribution in [3.8, 4) is 0 Å². The third kappa shape index (κ3) is 3.98. The van der Waals surface area contributed by atoms with Gasteiger partial charge in [0.05, 0.1) is 0 Å².